The van der Waals surface area contributed by atoms with Crippen LogP contribution in [0, 0.1) is 11.7 Å². The molecule has 0 saturated heterocycles. The van der Waals surface area contributed by atoms with E-state index in [1.54, 1.807) is 6.07 Å². The van der Waals surface area contributed by atoms with Crippen molar-refractivity contribution in [3.8, 4) is 0 Å². The summed E-state index contributed by atoms with van der Waals surface area (Å²) in [7, 11) is 0. The van der Waals surface area contributed by atoms with Crippen molar-refractivity contribution in [1.29, 1.82) is 0 Å². The van der Waals surface area contributed by atoms with Crippen molar-refractivity contribution in [3.63, 3.8) is 0 Å². The molecule has 3 heteroatoms. The molecule has 3 N–H and O–H groups in total. The van der Waals surface area contributed by atoms with Gasteiger partial charge in [0.1, 0.15) is 5.82 Å². The maximum Gasteiger partial charge on any atom is 0.125 e. The minimum absolute atomic E-state index is 0.324. The average Bonchev–Trinajstić information content (AvgIpc) is 2.34. The first-order valence-electron chi connectivity index (χ1n) is 6.45. The van der Waals surface area contributed by atoms with Crippen molar-refractivity contribution < 1.29 is 4.39 Å². The second-order valence-electron chi connectivity index (χ2n) is 5.15. The summed E-state index contributed by atoms with van der Waals surface area (Å²) >= 11 is 0. The van der Waals surface area contributed by atoms with Crippen molar-refractivity contribution >= 4 is 17.1 Å². The zero-order valence-electron chi connectivity index (χ0n) is 11.3. The molecular formula is C16H19FN2. The van der Waals surface area contributed by atoms with Gasteiger partial charge in [-0.15, -0.1) is 0 Å². The normalized spacial score (nSPS) is 10.7. The highest BCUT2D eigenvalue weighted by atomic mass is 19.1. The highest BCUT2D eigenvalue weighted by Gasteiger charge is 2.02. The Morgan fingerprint density at radius 2 is 1.79 bits per heavy atom. The standard InChI is InChI=1S/C16H19FN2/c1-11(2)9-12-3-6-14(7-4-12)19-16-8-5-13(17)10-15(16)18/h3-8,10-11,19H,9,18H2,1-2H3. The molecule has 0 aliphatic heterocycles. The zero-order valence-corrected chi connectivity index (χ0v) is 11.3. The number of halogens is 1. The summed E-state index contributed by atoms with van der Waals surface area (Å²) in [6.45, 7) is 4.40. The molecule has 2 rings (SSSR count). The lowest BCUT2D eigenvalue weighted by Crippen LogP contribution is -1.98. The SMILES string of the molecule is CC(C)Cc1ccc(Nc2ccc(F)cc2N)cc1. The molecule has 100 valence electrons. The lowest BCUT2D eigenvalue weighted by Gasteiger charge is -2.10. The fourth-order valence-electron chi connectivity index (χ4n) is 2.00. The number of hydrogen-bond donors (Lipinski definition) is 2. The zero-order chi connectivity index (χ0) is 13.8. The van der Waals surface area contributed by atoms with E-state index in [0.717, 1.165) is 17.8 Å². The van der Waals surface area contributed by atoms with Crippen LogP contribution in [0.5, 0.6) is 0 Å². The van der Waals surface area contributed by atoms with Crippen molar-refractivity contribution in [3.05, 3.63) is 53.8 Å². The molecule has 0 amide bonds. The third kappa shape index (κ3) is 3.71. The first-order valence-corrected chi connectivity index (χ1v) is 6.45. The quantitative estimate of drug-likeness (QED) is 0.800. The van der Waals surface area contributed by atoms with Crippen molar-refractivity contribution in [2.24, 2.45) is 5.92 Å². The molecule has 0 unspecified atom stereocenters. The Bertz CT molecular complexity index is 547. The summed E-state index contributed by atoms with van der Waals surface area (Å²) in [5.41, 5.74) is 9.15. The maximum atomic E-state index is 13.0. The molecule has 0 heterocycles. The Morgan fingerprint density at radius 3 is 2.37 bits per heavy atom. The Labute approximate surface area is 113 Å². The Balaban J connectivity index is 2.10. The molecule has 0 aliphatic rings. The largest absolute Gasteiger partial charge is 0.397 e. The van der Waals surface area contributed by atoms with Gasteiger partial charge in [0.05, 0.1) is 11.4 Å². The summed E-state index contributed by atoms with van der Waals surface area (Å²) in [5.74, 6) is 0.321. The smallest absolute Gasteiger partial charge is 0.125 e. The van der Waals surface area contributed by atoms with Gasteiger partial charge in [-0.25, -0.2) is 4.39 Å². The van der Waals surface area contributed by atoms with Crippen LogP contribution in [-0.4, -0.2) is 0 Å². The third-order valence-corrected chi connectivity index (χ3v) is 2.89. The summed E-state index contributed by atoms with van der Waals surface area (Å²) in [6, 6.07) is 12.6. The van der Waals surface area contributed by atoms with Gasteiger partial charge in [-0.1, -0.05) is 26.0 Å². The predicted molar refractivity (Wildman–Crippen MR) is 79.1 cm³/mol. The molecule has 19 heavy (non-hydrogen) atoms. The fraction of sp³-hybridized carbons (Fsp3) is 0.250. The van der Waals surface area contributed by atoms with Crippen LogP contribution < -0.4 is 11.1 Å². The van der Waals surface area contributed by atoms with E-state index >= 15 is 0 Å². The van der Waals surface area contributed by atoms with Gasteiger partial charge in [-0.2, -0.15) is 0 Å². The average molecular weight is 258 g/mol. The number of benzene rings is 2. The second kappa shape index (κ2) is 5.74. The molecule has 0 fully saturated rings. The first kappa shape index (κ1) is 13.4. The summed E-state index contributed by atoms with van der Waals surface area (Å²) in [5, 5.41) is 3.19. The summed E-state index contributed by atoms with van der Waals surface area (Å²) in [4.78, 5) is 0. The first-order chi connectivity index (χ1) is 9.04. The lowest BCUT2D eigenvalue weighted by molar-refractivity contribution is 0.628. The number of anilines is 3. The van der Waals surface area contributed by atoms with Gasteiger partial charge in [-0.3, -0.25) is 0 Å². The fourth-order valence-corrected chi connectivity index (χ4v) is 2.00. The van der Waals surface area contributed by atoms with Gasteiger partial charge in [0.15, 0.2) is 0 Å². The van der Waals surface area contributed by atoms with Crippen molar-refractivity contribution in [1.82, 2.24) is 0 Å². The number of rotatable bonds is 4. The van der Waals surface area contributed by atoms with Gasteiger partial charge in [0.2, 0.25) is 0 Å². The molecule has 2 aromatic rings. The van der Waals surface area contributed by atoms with Crippen LogP contribution in [0.2, 0.25) is 0 Å². The van der Waals surface area contributed by atoms with Gasteiger partial charge >= 0.3 is 0 Å². The van der Waals surface area contributed by atoms with Crippen LogP contribution in [0.3, 0.4) is 0 Å². The van der Waals surface area contributed by atoms with Gasteiger partial charge < -0.3 is 11.1 Å². The monoisotopic (exact) mass is 258 g/mol. The second-order valence-corrected chi connectivity index (χ2v) is 5.15. The molecule has 0 spiro atoms. The topological polar surface area (TPSA) is 38.0 Å². The van der Waals surface area contributed by atoms with Crippen LogP contribution in [-0.2, 0) is 6.42 Å². The molecule has 0 aliphatic carbocycles. The van der Waals surface area contributed by atoms with E-state index in [1.807, 2.05) is 12.1 Å². The molecule has 2 nitrogen and oxygen atoms in total. The van der Waals surface area contributed by atoms with Crippen LogP contribution in [0.4, 0.5) is 21.5 Å². The summed E-state index contributed by atoms with van der Waals surface area (Å²) < 4.78 is 13.0. The lowest BCUT2D eigenvalue weighted by atomic mass is 10.0. The Kier molecular flexibility index (Phi) is 4.05. The van der Waals surface area contributed by atoms with E-state index in [1.165, 1.54) is 17.7 Å². The van der Waals surface area contributed by atoms with Gasteiger partial charge in [-0.05, 0) is 48.2 Å². The molecule has 0 saturated carbocycles. The van der Waals surface area contributed by atoms with Crippen molar-refractivity contribution in [2.45, 2.75) is 20.3 Å². The van der Waals surface area contributed by atoms with Crippen LogP contribution in [0.25, 0.3) is 0 Å². The molecule has 0 atom stereocenters. The van der Waals surface area contributed by atoms with E-state index < -0.39 is 0 Å². The van der Waals surface area contributed by atoms with Crippen molar-refractivity contribution in [2.75, 3.05) is 11.1 Å². The molecule has 2 aromatic carbocycles. The Hall–Kier alpha value is -2.03. The number of nitrogen functional groups attached to an aromatic ring is 1. The van der Waals surface area contributed by atoms with Gasteiger partial charge in [0.25, 0.3) is 0 Å². The molecule has 0 bridgehead atoms. The predicted octanol–water partition coefficient (Wildman–Crippen LogP) is 4.35. The van der Waals surface area contributed by atoms with E-state index in [2.05, 4.69) is 31.3 Å². The Morgan fingerprint density at radius 1 is 1.11 bits per heavy atom. The number of nitrogens with one attached hydrogen (secondary N) is 1. The highest BCUT2D eigenvalue weighted by Crippen LogP contribution is 2.24. The van der Waals surface area contributed by atoms with Crippen LogP contribution in [0.1, 0.15) is 19.4 Å². The summed E-state index contributed by atoms with van der Waals surface area (Å²) in [6.07, 6.45) is 1.07. The van der Waals surface area contributed by atoms with E-state index in [-0.39, 0.29) is 5.82 Å². The molecule has 0 aromatic heterocycles. The minimum atomic E-state index is -0.324. The van der Waals surface area contributed by atoms with E-state index in [0.29, 0.717) is 11.6 Å². The number of nitrogens with two attached hydrogens (primary N) is 1. The third-order valence-electron chi connectivity index (χ3n) is 2.89. The molecular weight excluding hydrogens is 239 g/mol. The van der Waals surface area contributed by atoms with Crippen LogP contribution >= 0.6 is 0 Å². The molecule has 0 radical (unpaired) electrons. The van der Waals surface area contributed by atoms with E-state index in [9.17, 15) is 4.39 Å². The van der Waals surface area contributed by atoms with E-state index in [4.69, 9.17) is 5.73 Å². The van der Waals surface area contributed by atoms with Crippen LogP contribution in [0.15, 0.2) is 42.5 Å². The highest BCUT2D eigenvalue weighted by molar-refractivity contribution is 5.72. The number of hydrogen-bond acceptors (Lipinski definition) is 2. The maximum absolute atomic E-state index is 13.0. The minimum Gasteiger partial charge on any atom is -0.397 e. The van der Waals surface area contributed by atoms with Gasteiger partial charge in [0, 0.05) is 5.69 Å².